The molecule has 2 N–H and O–H groups in total. The predicted octanol–water partition coefficient (Wildman–Crippen LogP) is 8.25. The molecule has 2 fully saturated rings. The Hall–Kier alpha value is -5.70. The Morgan fingerprint density at radius 1 is 0.952 bits per heavy atom. The number of phenolic OH excluding ortho intramolecular Hbond substituents is 1. The molecule has 2 amide bonds. The summed E-state index contributed by atoms with van der Waals surface area (Å²) in [4.78, 5) is 46.2. The molecule has 62 heavy (non-hydrogen) atoms. The number of non-ortho nitro benzene ring substituents is 1. The molecular weight excluding hydrogens is 821 g/mol. The second kappa shape index (κ2) is 17.6. The minimum atomic E-state index is -3.10. The fourth-order valence-electron chi connectivity index (χ4n) is 9.79. The lowest BCUT2D eigenvalue weighted by atomic mass is 9.58. The van der Waals surface area contributed by atoms with Crippen LogP contribution in [-0.2, 0) is 18.7 Å². The molecule has 4 aromatic carbocycles. The molecule has 0 radical (unpaired) electrons. The van der Waals surface area contributed by atoms with Crippen molar-refractivity contribution in [2.45, 2.75) is 57.5 Å². The summed E-state index contributed by atoms with van der Waals surface area (Å²) < 4.78 is 14.0. The highest BCUT2D eigenvalue weighted by Gasteiger charge is 2.58. The number of rotatable bonds is 12. The molecule has 0 spiro atoms. The highest BCUT2D eigenvalue weighted by Crippen LogP contribution is 2.52. The van der Waals surface area contributed by atoms with E-state index in [1.807, 2.05) is 60.7 Å². The number of nitro groups is 1. The Bertz CT molecular complexity index is 2510. The molecule has 0 bridgehead atoms. The summed E-state index contributed by atoms with van der Waals surface area (Å²) in [5, 5.41) is 35.5. The maximum Gasteiger partial charge on any atom is 0.455 e. The van der Waals surface area contributed by atoms with Crippen LogP contribution in [0.3, 0.4) is 0 Å². The molecule has 2 saturated heterocycles. The molecule has 1 aliphatic carbocycles. The van der Waals surface area contributed by atoms with Gasteiger partial charge in [-0.15, -0.1) is 0 Å². The number of amides is 2. The van der Waals surface area contributed by atoms with Crippen LogP contribution in [0.25, 0.3) is 11.6 Å². The van der Waals surface area contributed by atoms with E-state index in [1.165, 1.54) is 30.3 Å². The number of allylic oxidation sites excluding steroid dienone is 1. The van der Waals surface area contributed by atoms with Gasteiger partial charge in [-0.1, -0.05) is 105 Å². The van der Waals surface area contributed by atoms with Crippen LogP contribution < -0.4 is 15.3 Å². The average molecular weight is 868 g/mol. The van der Waals surface area contributed by atoms with Crippen molar-refractivity contribution in [3.63, 3.8) is 0 Å². The number of anilines is 1. The number of aromatic hydroxyl groups is 1. The third kappa shape index (κ3) is 8.18. The van der Waals surface area contributed by atoms with Gasteiger partial charge < -0.3 is 19.2 Å². The van der Waals surface area contributed by atoms with E-state index in [0.717, 1.165) is 32.0 Å². The molecule has 3 aliphatic rings. The van der Waals surface area contributed by atoms with Gasteiger partial charge in [0.1, 0.15) is 5.75 Å². The third-order valence-electron chi connectivity index (χ3n) is 12.5. The largest absolute Gasteiger partial charge is 0.508 e. The zero-order chi connectivity index (χ0) is 43.8. The van der Waals surface area contributed by atoms with Crippen LogP contribution in [0.2, 0.25) is 16.4 Å². The Morgan fingerprint density at radius 2 is 1.65 bits per heavy atom. The first kappa shape index (κ1) is 43.0. The highest BCUT2D eigenvalue weighted by molar-refractivity contribution is 6.99. The van der Waals surface area contributed by atoms with Gasteiger partial charge in [0.25, 0.3) is 14.0 Å². The number of fused-ring (bicyclic) bond motifs is 3. The van der Waals surface area contributed by atoms with Crippen LogP contribution in [0.5, 0.6) is 5.75 Å². The number of pyridine rings is 1. The van der Waals surface area contributed by atoms with Crippen molar-refractivity contribution in [3.8, 4) is 5.75 Å². The van der Waals surface area contributed by atoms with Gasteiger partial charge in [-0.3, -0.25) is 24.7 Å². The van der Waals surface area contributed by atoms with Gasteiger partial charge in [0.15, 0.2) is 0 Å². The molecule has 1 aromatic heterocycles. The summed E-state index contributed by atoms with van der Waals surface area (Å²) in [7, 11) is -4.34. The number of hydrogen-bond donors (Lipinski definition) is 2. The van der Waals surface area contributed by atoms with Crippen molar-refractivity contribution in [1.29, 1.82) is 0 Å². The quantitative estimate of drug-likeness (QED) is 0.0415. The second-order valence-electron chi connectivity index (χ2n) is 17.2. The van der Waals surface area contributed by atoms with E-state index in [0.29, 0.717) is 29.1 Å². The molecule has 8 rings (SSSR count). The number of carbonyl (C=O) groups excluding carboxylic acids is 2. The van der Waals surface area contributed by atoms with E-state index in [9.17, 15) is 29.8 Å². The summed E-state index contributed by atoms with van der Waals surface area (Å²) in [6.07, 6.45) is 4.02. The van der Waals surface area contributed by atoms with Gasteiger partial charge in [-0.2, -0.15) is 0 Å². The minimum absolute atomic E-state index is 0.0431. The minimum Gasteiger partial charge on any atom is -0.508 e. The first-order valence-corrected chi connectivity index (χ1v) is 23.1. The molecule has 0 unspecified atom stereocenters. The number of halogens is 1. The van der Waals surface area contributed by atoms with Gasteiger partial charge in [-0.25, -0.2) is 4.90 Å². The van der Waals surface area contributed by atoms with Crippen LogP contribution in [-0.4, -0.2) is 60.0 Å². The van der Waals surface area contributed by atoms with Crippen LogP contribution in [0.1, 0.15) is 51.3 Å². The van der Waals surface area contributed by atoms with Crippen molar-refractivity contribution in [2.75, 3.05) is 11.5 Å². The van der Waals surface area contributed by atoms with Crippen LogP contribution in [0.15, 0.2) is 139 Å². The monoisotopic (exact) mass is 867 g/mol. The second-order valence-corrected chi connectivity index (χ2v) is 21.9. The van der Waals surface area contributed by atoms with E-state index in [4.69, 9.17) is 20.7 Å². The van der Waals surface area contributed by atoms with Crippen LogP contribution in [0.4, 0.5) is 11.4 Å². The van der Waals surface area contributed by atoms with Crippen molar-refractivity contribution in [3.05, 3.63) is 165 Å². The maximum atomic E-state index is 14.7. The molecule has 0 saturated carbocycles. The molecule has 4 atom stereocenters. The molecule has 5 aromatic rings. The van der Waals surface area contributed by atoms with E-state index >= 15 is 0 Å². The summed E-state index contributed by atoms with van der Waals surface area (Å²) in [5.41, 5.74) is 3.81. The molecular formula is C48H47BClN3O8Si. The summed E-state index contributed by atoms with van der Waals surface area (Å²) in [5.74, 6) is -3.07. The molecule has 2 aliphatic heterocycles. The zero-order valence-electron chi connectivity index (χ0n) is 34.7. The normalized spacial score (nSPS) is 20.6. The number of phenols is 1. The lowest BCUT2D eigenvalue weighted by Crippen LogP contribution is -2.66. The number of aromatic nitrogens is 1. The van der Waals surface area contributed by atoms with Gasteiger partial charge in [0, 0.05) is 18.3 Å². The molecule has 11 nitrogen and oxygen atoms in total. The van der Waals surface area contributed by atoms with E-state index in [-0.39, 0.29) is 41.5 Å². The summed E-state index contributed by atoms with van der Waals surface area (Å²) in [6, 6.07) is 36.5. The van der Waals surface area contributed by atoms with E-state index in [1.54, 1.807) is 18.3 Å². The van der Waals surface area contributed by atoms with Gasteiger partial charge in [0.05, 0.1) is 45.9 Å². The first-order chi connectivity index (χ1) is 29.8. The number of nitrogens with zero attached hydrogens (tertiary/aromatic N) is 3. The van der Waals surface area contributed by atoms with Crippen molar-refractivity contribution in [1.82, 2.24) is 4.98 Å². The van der Waals surface area contributed by atoms with Crippen molar-refractivity contribution >= 4 is 72.2 Å². The number of benzene rings is 4. The molecule has 316 valence electrons. The Labute approximate surface area is 367 Å². The fraction of sp³-hybridized carbons (Fsp3) is 0.271. The third-order valence-corrected chi connectivity index (χ3v) is 17.8. The van der Waals surface area contributed by atoms with E-state index < -0.39 is 56.0 Å². The number of nitro benzene ring substituents is 1. The van der Waals surface area contributed by atoms with Crippen LogP contribution in [0, 0.1) is 27.9 Å². The number of carbonyl (C=O) groups is 2. The maximum absolute atomic E-state index is 14.7. The zero-order valence-corrected chi connectivity index (χ0v) is 36.4. The summed E-state index contributed by atoms with van der Waals surface area (Å²) >= 11 is 6.59. The average Bonchev–Trinajstić information content (AvgIpc) is 3.51. The topological polar surface area (TPSA) is 152 Å². The van der Waals surface area contributed by atoms with Crippen molar-refractivity contribution < 1.29 is 33.7 Å². The Kier molecular flexibility index (Phi) is 12.2. The lowest BCUT2D eigenvalue weighted by Gasteiger charge is -2.46. The standard InChI is InChI=1S/C48H47BClN3O8Si/c1-48(2,3)62(37-15-6-4-7-16-37,38-17-8-5-9-18-38)60-30-33-26-39-45(47(56)52(46(39)55)34-13-12-14-35(27-34)53(58)59)40-29-49(57)61-43(44(33)40)23-21-32(42-19-10-11-24-51-42)25-31-20-22-36(54)28-41(31)50/h4-20,22,24-25,27-28,39-40,43,45,54,57H,21,23,26,29-30H2,1-3H3/b32-25-/t39-,40+,43-,45-/m1/s1. The smallest absolute Gasteiger partial charge is 0.455 e. The molecule has 3 heterocycles. The first-order valence-electron chi connectivity index (χ1n) is 20.8. The number of imide groups is 1. The summed E-state index contributed by atoms with van der Waals surface area (Å²) in [6.45, 7) is 6.73. The predicted molar refractivity (Wildman–Crippen MR) is 243 cm³/mol. The number of hydrogen-bond acceptors (Lipinski definition) is 9. The van der Waals surface area contributed by atoms with Gasteiger partial charge >= 0.3 is 7.12 Å². The SMILES string of the molecule is CC(C)(C)[Si](OCC1=C2[C@@H](CC/C(=C/c3ccc(O)cc3Cl)c3ccccn3)OB(O)C[C@@H]2[C@@H]2C(=O)N(c3cccc([N+](=O)[O-])c3)C(=O)[C@@H]2C1)(c1ccccc1)c1ccccc1. The molecule has 14 heteroatoms. The van der Waals surface area contributed by atoms with Crippen molar-refractivity contribution in [2.24, 2.45) is 17.8 Å². The fourth-order valence-corrected chi connectivity index (χ4v) is 14.6. The Morgan fingerprint density at radius 3 is 2.27 bits per heavy atom. The lowest BCUT2D eigenvalue weighted by molar-refractivity contribution is -0.384. The van der Waals surface area contributed by atoms with Gasteiger partial charge in [0.2, 0.25) is 11.8 Å². The van der Waals surface area contributed by atoms with E-state index in [2.05, 4.69) is 50.0 Å². The Balaban J connectivity index is 1.23. The van der Waals surface area contributed by atoms with Crippen LogP contribution >= 0.6 is 11.6 Å². The van der Waals surface area contributed by atoms with Gasteiger partial charge in [-0.05, 0) is 112 Å². The highest BCUT2D eigenvalue weighted by atomic mass is 35.5.